The van der Waals surface area contributed by atoms with Crippen LogP contribution in [0.4, 0.5) is 13.2 Å². The smallest absolute Gasteiger partial charge is 0.435 e. The number of hydrogen-bond acceptors (Lipinski definition) is 4. The van der Waals surface area contributed by atoms with Crippen molar-refractivity contribution in [1.82, 2.24) is 9.78 Å². The maximum atomic E-state index is 12.9. The summed E-state index contributed by atoms with van der Waals surface area (Å²) in [6.45, 7) is -0.316. The highest BCUT2D eigenvalue weighted by Crippen LogP contribution is 2.31. The number of aliphatic hydroxyl groups is 1. The molecule has 0 amide bonds. The Morgan fingerprint density at radius 1 is 1.39 bits per heavy atom. The van der Waals surface area contributed by atoms with Crippen molar-refractivity contribution >= 4 is 0 Å². The number of hydrogen-bond donors (Lipinski definition) is 1. The molecule has 1 heterocycles. The molecule has 0 aliphatic carbocycles. The van der Waals surface area contributed by atoms with Crippen LogP contribution in [-0.2, 0) is 19.1 Å². The molecule has 1 aromatic heterocycles. The average molecular weight is 325 g/mol. The minimum atomic E-state index is -4.58. The molecule has 5 nitrogen and oxygen atoms in total. The van der Waals surface area contributed by atoms with Crippen molar-refractivity contribution in [3.05, 3.63) is 46.8 Å². The molecule has 1 aromatic carbocycles. The third-order valence-electron chi connectivity index (χ3n) is 3.22. The van der Waals surface area contributed by atoms with Crippen LogP contribution < -0.4 is 4.74 Å². The van der Waals surface area contributed by atoms with Gasteiger partial charge in [0, 0.05) is 18.4 Å². The molecule has 1 N–H and O–H groups in total. The predicted molar refractivity (Wildman–Crippen MR) is 74.8 cm³/mol. The highest BCUT2D eigenvalue weighted by atomic mass is 19.4. The third kappa shape index (κ3) is 3.81. The second-order valence-corrected chi connectivity index (χ2v) is 4.82. The van der Waals surface area contributed by atoms with E-state index in [0.717, 1.165) is 4.68 Å². The predicted octanol–water partition coefficient (Wildman–Crippen LogP) is 2.37. The monoisotopic (exact) mass is 325 g/mol. The minimum Gasteiger partial charge on any atom is -0.495 e. The van der Waals surface area contributed by atoms with E-state index in [1.807, 2.05) is 6.07 Å². The van der Waals surface area contributed by atoms with Crippen molar-refractivity contribution < 1.29 is 23.0 Å². The number of nitriles is 1. The van der Waals surface area contributed by atoms with Crippen molar-refractivity contribution in [2.45, 2.75) is 19.1 Å². The Morgan fingerprint density at radius 3 is 2.70 bits per heavy atom. The van der Waals surface area contributed by atoms with E-state index in [0.29, 0.717) is 16.9 Å². The van der Waals surface area contributed by atoms with Gasteiger partial charge in [-0.3, -0.25) is 4.68 Å². The molecular formula is C15H14F3N3O2. The summed E-state index contributed by atoms with van der Waals surface area (Å²) >= 11 is 0. The molecule has 0 saturated carbocycles. The van der Waals surface area contributed by atoms with Crippen LogP contribution in [0.1, 0.15) is 22.4 Å². The maximum absolute atomic E-state index is 12.9. The molecule has 122 valence electrons. The summed E-state index contributed by atoms with van der Waals surface area (Å²) in [5, 5.41) is 21.5. The number of ether oxygens (including phenoxy) is 1. The van der Waals surface area contributed by atoms with Crippen LogP contribution in [-0.4, -0.2) is 28.6 Å². The normalized spacial score (nSPS) is 11.3. The van der Waals surface area contributed by atoms with Crippen molar-refractivity contribution in [3.8, 4) is 11.8 Å². The number of halogens is 3. The zero-order valence-electron chi connectivity index (χ0n) is 12.3. The average Bonchev–Trinajstić information content (AvgIpc) is 2.90. The summed E-state index contributed by atoms with van der Waals surface area (Å²) in [7, 11) is 1.43. The van der Waals surface area contributed by atoms with Crippen LogP contribution in [0.25, 0.3) is 0 Å². The van der Waals surface area contributed by atoms with Gasteiger partial charge in [-0.25, -0.2) is 0 Å². The zero-order chi connectivity index (χ0) is 17.0. The second kappa shape index (κ2) is 6.71. The van der Waals surface area contributed by atoms with Gasteiger partial charge in [-0.1, -0.05) is 6.07 Å². The summed E-state index contributed by atoms with van der Waals surface area (Å²) in [6.07, 6.45) is -3.44. The van der Waals surface area contributed by atoms with Gasteiger partial charge in [-0.15, -0.1) is 0 Å². The molecule has 8 heteroatoms. The Hall–Kier alpha value is -2.53. The van der Waals surface area contributed by atoms with Gasteiger partial charge in [0.2, 0.25) is 0 Å². The van der Waals surface area contributed by atoms with Crippen LogP contribution >= 0.6 is 0 Å². The highest BCUT2D eigenvalue weighted by molar-refractivity contribution is 5.45. The molecule has 0 unspecified atom stereocenters. The quantitative estimate of drug-likeness (QED) is 0.916. The maximum Gasteiger partial charge on any atom is 0.435 e. The summed E-state index contributed by atoms with van der Waals surface area (Å²) < 4.78 is 44.9. The van der Waals surface area contributed by atoms with Gasteiger partial charge < -0.3 is 9.84 Å². The van der Waals surface area contributed by atoms with E-state index >= 15 is 0 Å². The lowest BCUT2D eigenvalue weighted by Crippen LogP contribution is -2.11. The van der Waals surface area contributed by atoms with Crippen molar-refractivity contribution in [1.29, 1.82) is 5.26 Å². The first-order valence-corrected chi connectivity index (χ1v) is 6.70. The van der Waals surface area contributed by atoms with E-state index in [1.54, 1.807) is 18.2 Å². The second-order valence-electron chi connectivity index (χ2n) is 4.82. The Bertz CT molecular complexity index is 733. The Labute approximate surface area is 130 Å². The molecule has 0 radical (unpaired) electrons. The van der Waals surface area contributed by atoms with Gasteiger partial charge in [0.15, 0.2) is 5.69 Å². The summed E-state index contributed by atoms with van der Waals surface area (Å²) in [6, 6.07) is 6.74. The number of benzene rings is 1. The molecule has 2 rings (SSSR count). The Balaban J connectivity index is 2.32. The van der Waals surface area contributed by atoms with Gasteiger partial charge in [-0.05, 0) is 24.1 Å². The number of nitrogens with zero attached hydrogens (tertiary/aromatic N) is 3. The van der Waals surface area contributed by atoms with Crippen LogP contribution in [0.3, 0.4) is 0 Å². The lowest BCUT2D eigenvalue weighted by molar-refractivity contribution is -0.142. The van der Waals surface area contributed by atoms with Gasteiger partial charge >= 0.3 is 6.18 Å². The molecule has 23 heavy (non-hydrogen) atoms. The van der Waals surface area contributed by atoms with E-state index < -0.39 is 18.5 Å². The van der Waals surface area contributed by atoms with Crippen molar-refractivity contribution in [2.24, 2.45) is 0 Å². The fourth-order valence-electron chi connectivity index (χ4n) is 2.21. The van der Waals surface area contributed by atoms with Crippen LogP contribution in [0.2, 0.25) is 0 Å². The van der Waals surface area contributed by atoms with Gasteiger partial charge in [0.1, 0.15) is 11.8 Å². The third-order valence-corrected chi connectivity index (χ3v) is 3.22. The number of rotatable bonds is 5. The molecule has 0 saturated heterocycles. The molecule has 0 bridgehead atoms. The molecular weight excluding hydrogens is 311 g/mol. The van der Waals surface area contributed by atoms with Crippen LogP contribution in [0.5, 0.6) is 5.75 Å². The van der Waals surface area contributed by atoms with E-state index in [1.165, 1.54) is 13.3 Å². The van der Waals surface area contributed by atoms with E-state index in [4.69, 9.17) is 15.1 Å². The molecule has 0 aliphatic heterocycles. The fraction of sp³-hybridized carbons (Fsp3) is 0.333. The summed E-state index contributed by atoms with van der Waals surface area (Å²) in [4.78, 5) is 0. The molecule has 0 atom stereocenters. The first-order valence-electron chi connectivity index (χ1n) is 6.70. The molecule has 0 fully saturated rings. The van der Waals surface area contributed by atoms with Crippen molar-refractivity contribution in [3.63, 3.8) is 0 Å². The number of methoxy groups -OCH3 is 1. The lowest BCUT2D eigenvalue weighted by atomic mass is 10.1. The summed E-state index contributed by atoms with van der Waals surface area (Å²) in [5.74, 6) is 0.397. The largest absolute Gasteiger partial charge is 0.495 e. The highest BCUT2D eigenvalue weighted by Gasteiger charge is 2.36. The number of aliphatic hydroxyl groups excluding tert-OH is 1. The van der Waals surface area contributed by atoms with E-state index in [-0.39, 0.29) is 18.5 Å². The Morgan fingerprint density at radius 2 is 2.13 bits per heavy atom. The fourth-order valence-corrected chi connectivity index (χ4v) is 2.21. The lowest BCUT2D eigenvalue weighted by Gasteiger charge is -2.06. The van der Waals surface area contributed by atoms with Crippen molar-refractivity contribution in [2.75, 3.05) is 13.7 Å². The van der Waals surface area contributed by atoms with Gasteiger partial charge in [0.25, 0.3) is 0 Å². The first kappa shape index (κ1) is 16.8. The minimum absolute atomic E-state index is 0.0611. The topological polar surface area (TPSA) is 71.1 Å². The number of aromatic nitrogens is 2. The molecule has 0 spiro atoms. The number of alkyl halides is 3. The van der Waals surface area contributed by atoms with Crippen LogP contribution in [0.15, 0.2) is 24.4 Å². The SMILES string of the molecule is COc1ccc(Cn2cc(CCO)c(C(F)(F)F)n2)cc1C#N. The standard InChI is InChI=1S/C15H14F3N3O2/c1-23-13-3-2-10(6-12(13)7-19)8-21-9-11(4-5-22)14(20-21)15(16,17)18/h2-3,6,9,22H,4-5,8H2,1H3. The molecule has 2 aromatic rings. The van der Waals surface area contributed by atoms with E-state index in [9.17, 15) is 13.2 Å². The summed E-state index contributed by atoms with van der Waals surface area (Å²) in [5.41, 5.74) is -0.146. The van der Waals surface area contributed by atoms with Gasteiger partial charge in [-0.2, -0.15) is 23.5 Å². The Kier molecular flexibility index (Phi) is 4.91. The van der Waals surface area contributed by atoms with Crippen LogP contribution in [0, 0.1) is 11.3 Å². The van der Waals surface area contributed by atoms with Gasteiger partial charge in [0.05, 0.1) is 19.2 Å². The zero-order valence-corrected chi connectivity index (χ0v) is 12.3. The molecule has 0 aliphatic rings. The van der Waals surface area contributed by atoms with E-state index in [2.05, 4.69) is 5.10 Å². The first-order chi connectivity index (χ1) is 10.9.